The van der Waals surface area contributed by atoms with Gasteiger partial charge < -0.3 is 4.57 Å². The average molecular weight is 146 g/mol. The zero-order valence-electron chi connectivity index (χ0n) is 6.64. The molecule has 0 aromatic carbocycles. The average Bonchev–Trinajstić information content (AvgIpc) is 1.65. The van der Waals surface area contributed by atoms with E-state index < -0.39 is 7.14 Å². The van der Waals surface area contributed by atoms with Crippen LogP contribution in [0.4, 0.5) is 0 Å². The fourth-order valence-corrected chi connectivity index (χ4v) is 3.87. The van der Waals surface area contributed by atoms with E-state index in [0.717, 1.165) is 6.42 Å². The first-order valence-corrected chi connectivity index (χ1v) is 5.67. The van der Waals surface area contributed by atoms with Crippen LogP contribution in [0, 0.1) is 0 Å². The van der Waals surface area contributed by atoms with E-state index in [1.807, 2.05) is 6.66 Å². The summed E-state index contributed by atoms with van der Waals surface area (Å²) in [4.78, 5) is 0. The van der Waals surface area contributed by atoms with Gasteiger partial charge in [0.05, 0.1) is 7.14 Å². The zero-order valence-corrected chi connectivity index (χ0v) is 7.53. The molecule has 0 aliphatic carbocycles. The van der Waals surface area contributed by atoms with E-state index in [0.29, 0.717) is 5.66 Å². The summed E-state index contributed by atoms with van der Waals surface area (Å²) in [5.41, 5.74) is 0.479. The molecule has 0 spiro atoms. The Kier molecular flexibility index (Phi) is 1.33. The molecule has 1 aliphatic rings. The number of hydrogen-bond donors (Lipinski definition) is 0. The van der Waals surface area contributed by atoms with Crippen LogP contribution in [0.5, 0.6) is 0 Å². The minimum Gasteiger partial charge on any atom is -0.323 e. The van der Waals surface area contributed by atoms with Crippen molar-refractivity contribution in [1.82, 2.24) is 0 Å². The maximum Gasteiger partial charge on any atom is 0.0928 e. The van der Waals surface area contributed by atoms with Crippen LogP contribution < -0.4 is 0 Å². The molecule has 0 bridgehead atoms. The lowest BCUT2D eigenvalue weighted by Crippen LogP contribution is -2.39. The van der Waals surface area contributed by atoms with Crippen LogP contribution in [0.1, 0.15) is 27.2 Å². The van der Waals surface area contributed by atoms with Gasteiger partial charge in [-0.1, -0.05) is 20.8 Å². The first-order chi connectivity index (χ1) is 3.88. The smallest absolute Gasteiger partial charge is 0.0928 e. The van der Waals surface area contributed by atoms with Gasteiger partial charge in [0, 0.05) is 10.8 Å². The van der Waals surface area contributed by atoms with Gasteiger partial charge in [-0.05, 0) is 13.1 Å². The van der Waals surface area contributed by atoms with Crippen molar-refractivity contribution in [1.29, 1.82) is 0 Å². The molecule has 9 heavy (non-hydrogen) atoms. The molecular formula is C7H15OP. The van der Waals surface area contributed by atoms with Crippen LogP contribution >= 0.6 is 7.14 Å². The third kappa shape index (κ3) is 0.781. The second kappa shape index (κ2) is 1.63. The Labute approximate surface area is 57.2 Å². The van der Waals surface area contributed by atoms with Crippen molar-refractivity contribution in [2.45, 2.75) is 38.0 Å². The summed E-state index contributed by atoms with van der Waals surface area (Å²) in [6, 6.07) is 0. The van der Waals surface area contributed by atoms with Gasteiger partial charge in [-0.2, -0.15) is 0 Å². The largest absolute Gasteiger partial charge is 0.323 e. The fourth-order valence-electron chi connectivity index (χ4n) is 1.56. The topological polar surface area (TPSA) is 17.1 Å². The van der Waals surface area contributed by atoms with E-state index >= 15 is 0 Å². The van der Waals surface area contributed by atoms with Crippen LogP contribution in [0.2, 0.25) is 0 Å². The maximum absolute atomic E-state index is 11.7. The summed E-state index contributed by atoms with van der Waals surface area (Å²) < 4.78 is 11.7. The maximum atomic E-state index is 11.7. The van der Waals surface area contributed by atoms with Crippen LogP contribution in [0.3, 0.4) is 0 Å². The lowest BCUT2D eigenvalue weighted by atomic mass is 10.1. The van der Waals surface area contributed by atoms with Gasteiger partial charge in [0.15, 0.2) is 0 Å². The van der Waals surface area contributed by atoms with Gasteiger partial charge >= 0.3 is 0 Å². The summed E-state index contributed by atoms with van der Waals surface area (Å²) in [5, 5.41) is 0.145. The second-order valence-corrected chi connectivity index (χ2v) is 7.93. The summed E-state index contributed by atoms with van der Waals surface area (Å²) in [6.45, 7) is 8.23. The molecule has 0 aromatic heterocycles. The molecule has 0 amide bonds. The van der Waals surface area contributed by atoms with Gasteiger partial charge in [-0.25, -0.2) is 0 Å². The fraction of sp³-hybridized carbons (Fsp3) is 1.00. The summed E-state index contributed by atoms with van der Waals surface area (Å²) in [5.74, 6) is 0. The van der Waals surface area contributed by atoms with E-state index in [4.69, 9.17) is 0 Å². The van der Waals surface area contributed by atoms with Gasteiger partial charge in [0.2, 0.25) is 0 Å². The molecule has 0 radical (unpaired) electrons. The Hall–Kier alpha value is 0.230. The van der Waals surface area contributed by atoms with Crippen LogP contribution in [-0.4, -0.2) is 17.5 Å². The highest BCUT2D eigenvalue weighted by molar-refractivity contribution is 7.67. The van der Waals surface area contributed by atoms with E-state index in [2.05, 4.69) is 20.8 Å². The number of hydrogen-bond acceptors (Lipinski definition) is 1. The van der Waals surface area contributed by atoms with Crippen LogP contribution in [0.25, 0.3) is 0 Å². The van der Waals surface area contributed by atoms with Crippen molar-refractivity contribution in [3.8, 4) is 0 Å². The molecule has 2 heteroatoms. The van der Waals surface area contributed by atoms with Crippen molar-refractivity contribution in [3.63, 3.8) is 0 Å². The SMILES string of the molecule is C[C@H]1CC(C)(C)P1(C)=O. The quantitative estimate of drug-likeness (QED) is 0.480. The third-order valence-electron chi connectivity index (χ3n) is 2.84. The Balaban J connectivity index is 2.83. The normalized spacial score (nSPS) is 48.2. The van der Waals surface area contributed by atoms with E-state index in [1.165, 1.54) is 0 Å². The lowest BCUT2D eigenvalue weighted by Gasteiger charge is -2.48. The molecule has 0 saturated carbocycles. The molecule has 0 aromatic rings. The molecule has 1 rings (SSSR count). The highest BCUT2D eigenvalue weighted by Gasteiger charge is 2.51. The Morgan fingerprint density at radius 2 is 2.00 bits per heavy atom. The van der Waals surface area contributed by atoms with Gasteiger partial charge in [0.25, 0.3) is 0 Å². The Morgan fingerprint density at radius 3 is 2.00 bits per heavy atom. The second-order valence-electron chi connectivity index (χ2n) is 3.86. The molecule has 54 valence electrons. The highest BCUT2D eigenvalue weighted by atomic mass is 31.2. The Morgan fingerprint density at radius 1 is 1.56 bits per heavy atom. The molecule has 0 N–H and O–H groups in total. The van der Waals surface area contributed by atoms with E-state index in [9.17, 15) is 4.57 Å². The third-order valence-corrected chi connectivity index (χ3v) is 7.29. The minimum absolute atomic E-state index is 0.145. The first-order valence-electron chi connectivity index (χ1n) is 3.45. The van der Waals surface area contributed by atoms with Crippen molar-refractivity contribution >= 4 is 7.14 Å². The van der Waals surface area contributed by atoms with Gasteiger partial charge in [0.1, 0.15) is 0 Å². The molecule has 2 atom stereocenters. The standard InChI is InChI=1S/C7H15OP/c1-6-5-7(2,3)9(6,4)8/h6H,5H2,1-4H3/t6-,9?/m0/s1. The van der Waals surface area contributed by atoms with Gasteiger partial charge in [-0.15, -0.1) is 0 Å². The van der Waals surface area contributed by atoms with Crippen LogP contribution in [-0.2, 0) is 4.57 Å². The summed E-state index contributed by atoms with van der Waals surface area (Å²) >= 11 is 0. The highest BCUT2D eigenvalue weighted by Crippen LogP contribution is 2.70. The minimum atomic E-state index is -1.76. The van der Waals surface area contributed by atoms with Crippen molar-refractivity contribution < 1.29 is 4.57 Å². The van der Waals surface area contributed by atoms with Crippen LogP contribution in [0.15, 0.2) is 0 Å². The molecule has 1 aliphatic heterocycles. The first kappa shape index (κ1) is 7.34. The van der Waals surface area contributed by atoms with E-state index in [-0.39, 0.29) is 5.16 Å². The van der Waals surface area contributed by atoms with Crippen molar-refractivity contribution in [2.24, 2.45) is 0 Å². The molecular weight excluding hydrogens is 131 g/mol. The molecule has 1 fully saturated rings. The summed E-state index contributed by atoms with van der Waals surface area (Å²) in [6.07, 6.45) is 1.14. The molecule has 1 saturated heterocycles. The Bertz CT molecular complexity index is 172. The van der Waals surface area contributed by atoms with Crippen molar-refractivity contribution in [3.05, 3.63) is 0 Å². The predicted molar refractivity (Wildman–Crippen MR) is 41.7 cm³/mol. The monoisotopic (exact) mass is 146 g/mol. The molecule has 1 unspecified atom stereocenters. The lowest BCUT2D eigenvalue weighted by molar-refractivity contribution is 0.459. The number of rotatable bonds is 0. The predicted octanol–water partition coefficient (Wildman–Crippen LogP) is 2.55. The van der Waals surface area contributed by atoms with E-state index in [1.54, 1.807) is 0 Å². The molecule has 1 heterocycles. The summed E-state index contributed by atoms with van der Waals surface area (Å²) in [7, 11) is -1.76. The molecule has 1 nitrogen and oxygen atoms in total. The zero-order chi connectivity index (χ0) is 7.28. The van der Waals surface area contributed by atoms with Crippen molar-refractivity contribution in [2.75, 3.05) is 6.66 Å². The van der Waals surface area contributed by atoms with Gasteiger partial charge in [-0.3, -0.25) is 0 Å².